The molecule has 3 aromatic rings. The molecule has 0 atom stereocenters. The van der Waals surface area contributed by atoms with Crippen molar-refractivity contribution in [2.75, 3.05) is 31.5 Å². The van der Waals surface area contributed by atoms with Crippen LogP contribution >= 0.6 is 0 Å². The third kappa shape index (κ3) is 4.28. The maximum absolute atomic E-state index is 13.1. The van der Waals surface area contributed by atoms with Crippen molar-refractivity contribution in [1.29, 1.82) is 0 Å². The van der Waals surface area contributed by atoms with Crippen LogP contribution in [0.4, 0.5) is 5.69 Å². The molecular weight excluding hydrogens is 416 g/mol. The first-order valence-electron chi connectivity index (χ1n) is 9.87. The Morgan fingerprint density at radius 1 is 0.968 bits per heavy atom. The first-order chi connectivity index (χ1) is 14.9. The normalized spacial score (nSPS) is 15.1. The van der Waals surface area contributed by atoms with Gasteiger partial charge < -0.3 is 10.2 Å². The molecule has 4 rings (SSSR count). The van der Waals surface area contributed by atoms with Gasteiger partial charge in [0, 0.05) is 50.2 Å². The lowest BCUT2D eigenvalue weighted by Crippen LogP contribution is -2.49. The predicted octanol–water partition coefficient (Wildman–Crippen LogP) is 2.34. The number of hydrogen-bond donors (Lipinski definition) is 1. The third-order valence-corrected chi connectivity index (χ3v) is 7.19. The van der Waals surface area contributed by atoms with Gasteiger partial charge >= 0.3 is 0 Å². The number of carbonyl (C=O) groups excluding carboxylic acids is 2. The fourth-order valence-corrected chi connectivity index (χ4v) is 5.06. The second-order valence-electron chi connectivity index (χ2n) is 7.27. The van der Waals surface area contributed by atoms with Crippen molar-refractivity contribution >= 4 is 38.4 Å². The number of hydrogen-bond acceptors (Lipinski definition) is 5. The van der Waals surface area contributed by atoms with Crippen LogP contribution in [0.25, 0.3) is 10.9 Å². The fraction of sp³-hybridized carbons (Fsp3) is 0.227. The molecule has 8 nitrogen and oxygen atoms in total. The lowest BCUT2D eigenvalue weighted by atomic mass is 10.1. The molecule has 1 N–H and O–H groups in total. The Hall–Kier alpha value is -3.30. The highest BCUT2D eigenvalue weighted by Gasteiger charge is 2.29. The standard InChI is InChI=1S/C22H22N4O4S/c1-16(27)25-11-13-26(14-12-25)31(29,30)19-8-2-6-18(15-19)22(28)24-20-9-3-5-17-7-4-10-23-21(17)20/h2-10,15H,11-14H2,1H3,(H,24,28). The Morgan fingerprint density at radius 2 is 1.68 bits per heavy atom. The van der Waals surface area contributed by atoms with Gasteiger partial charge in [-0.05, 0) is 30.3 Å². The fourth-order valence-electron chi connectivity index (χ4n) is 3.59. The number of rotatable bonds is 4. The number of fused-ring (bicyclic) bond motifs is 1. The van der Waals surface area contributed by atoms with Crippen molar-refractivity contribution in [2.45, 2.75) is 11.8 Å². The summed E-state index contributed by atoms with van der Waals surface area (Å²) in [5.41, 5.74) is 1.44. The molecule has 9 heteroatoms. The van der Waals surface area contributed by atoms with Crippen molar-refractivity contribution in [2.24, 2.45) is 0 Å². The van der Waals surface area contributed by atoms with E-state index in [-0.39, 0.29) is 29.5 Å². The average molecular weight is 439 g/mol. The van der Waals surface area contributed by atoms with Crippen LogP contribution in [-0.4, -0.2) is 60.6 Å². The minimum Gasteiger partial charge on any atom is -0.340 e. The average Bonchev–Trinajstić information content (AvgIpc) is 2.79. The number of pyridine rings is 1. The van der Waals surface area contributed by atoms with Gasteiger partial charge in [-0.1, -0.05) is 24.3 Å². The van der Waals surface area contributed by atoms with Gasteiger partial charge in [-0.15, -0.1) is 0 Å². The van der Waals surface area contributed by atoms with Gasteiger partial charge in [-0.3, -0.25) is 14.6 Å². The minimum absolute atomic E-state index is 0.0486. The highest BCUT2D eigenvalue weighted by atomic mass is 32.2. The second kappa shape index (κ2) is 8.44. The molecule has 0 radical (unpaired) electrons. The maximum atomic E-state index is 13.1. The van der Waals surface area contributed by atoms with E-state index >= 15 is 0 Å². The molecule has 1 aliphatic heterocycles. The minimum atomic E-state index is -3.77. The van der Waals surface area contributed by atoms with Crippen molar-refractivity contribution in [1.82, 2.24) is 14.2 Å². The number of para-hydroxylation sites is 1. The molecule has 1 aliphatic rings. The van der Waals surface area contributed by atoms with E-state index in [0.29, 0.717) is 24.3 Å². The van der Waals surface area contributed by atoms with Crippen LogP contribution in [0, 0.1) is 0 Å². The van der Waals surface area contributed by atoms with E-state index in [1.165, 1.54) is 23.4 Å². The Kier molecular flexibility index (Phi) is 5.71. The molecule has 2 amide bonds. The van der Waals surface area contributed by atoms with Crippen molar-refractivity contribution in [3.8, 4) is 0 Å². The number of anilines is 1. The van der Waals surface area contributed by atoms with E-state index in [9.17, 15) is 18.0 Å². The van der Waals surface area contributed by atoms with Crippen LogP contribution in [0.3, 0.4) is 0 Å². The van der Waals surface area contributed by atoms with Gasteiger partial charge in [0.1, 0.15) is 0 Å². The molecule has 0 bridgehead atoms. The summed E-state index contributed by atoms with van der Waals surface area (Å²) in [4.78, 5) is 30.3. The van der Waals surface area contributed by atoms with E-state index in [2.05, 4.69) is 10.3 Å². The summed E-state index contributed by atoms with van der Waals surface area (Å²) in [6.07, 6.45) is 1.65. The highest BCUT2D eigenvalue weighted by molar-refractivity contribution is 7.89. The molecule has 0 unspecified atom stereocenters. The number of aromatic nitrogens is 1. The van der Waals surface area contributed by atoms with Crippen molar-refractivity contribution < 1.29 is 18.0 Å². The molecule has 2 heterocycles. The maximum Gasteiger partial charge on any atom is 0.255 e. The zero-order valence-corrected chi connectivity index (χ0v) is 17.8. The Morgan fingerprint density at radius 3 is 2.42 bits per heavy atom. The number of carbonyl (C=O) groups is 2. The smallest absolute Gasteiger partial charge is 0.255 e. The molecule has 0 spiro atoms. The van der Waals surface area contributed by atoms with Gasteiger partial charge in [0.25, 0.3) is 5.91 Å². The summed E-state index contributed by atoms with van der Waals surface area (Å²) < 4.78 is 27.5. The lowest BCUT2D eigenvalue weighted by Gasteiger charge is -2.33. The van der Waals surface area contributed by atoms with Gasteiger partial charge in [0.2, 0.25) is 15.9 Å². The summed E-state index contributed by atoms with van der Waals surface area (Å²) >= 11 is 0. The zero-order valence-electron chi connectivity index (χ0n) is 17.0. The van der Waals surface area contributed by atoms with Crippen LogP contribution in [-0.2, 0) is 14.8 Å². The Bertz CT molecular complexity index is 1250. The number of amides is 2. The molecule has 0 saturated carbocycles. The monoisotopic (exact) mass is 438 g/mol. The topological polar surface area (TPSA) is 99.7 Å². The van der Waals surface area contributed by atoms with Crippen LogP contribution in [0.15, 0.2) is 65.7 Å². The Balaban J connectivity index is 1.55. The number of nitrogens with zero attached hydrogens (tertiary/aromatic N) is 3. The first kappa shape index (κ1) is 21.0. The molecule has 31 heavy (non-hydrogen) atoms. The summed E-state index contributed by atoms with van der Waals surface area (Å²) in [6.45, 7) is 2.61. The van der Waals surface area contributed by atoms with E-state index in [1.807, 2.05) is 24.3 Å². The van der Waals surface area contributed by atoms with Crippen LogP contribution in [0.2, 0.25) is 0 Å². The van der Waals surface area contributed by atoms with Crippen LogP contribution < -0.4 is 5.32 Å². The number of nitrogens with one attached hydrogen (secondary N) is 1. The molecule has 1 fully saturated rings. The SMILES string of the molecule is CC(=O)N1CCN(S(=O)(=O)c2cccc(C(=O)Nc3cccc4cccnc34)c2)CC1. The number of sulfonamides is 1. The van der Waals surface area contributed by atoms with E-state index in [1.54, 1.807) is 29.3 Å². The molecule has 1 aromatic heterocycles. The number of benzene rings is 2. The largest absolute Gasteiger partial charge is 0.340 e. The summed E-state index contributed by atoms with van der Waals surface area (Å²) in [7, 11) is -3.77. The summed E-state index contributed by atoms with van der Waals surface area (Å²) in [5, 5.41) is 3.71. The van der Waals surface area contributed by atoms with Crippen molar-refractivity contribution in [3.05, 3.63) is 66.4 Å². The van der Waals surface area contributed by atoms with Gasteiger partial charge in [0.15, 0.2) is 0 Å². The lowest BCUT2D eigenvalue weighted by molar-refractivity contribution is -0.129. The summed E-state index contributed by atoms with van der Waals surface area (Å²) in [6, 6.07) is 15.2. The van der Waals surface area contributed by atoms with Gasteiger partial charge in [-0.2, -0.15) is 4.31 Å². The summed E-state index contributed by atoms with van der Waals surface area (Å²) in [5.74, 6) is -0.491. The van der Waals surface area contributed by atoms with Crippen LogP contribution in [0.1, 0.15) is 17.3 Å². The van der Waals surface area contributed by atoms with Gasteiger partial charge in [0.05, 0.1) is 16.1 Å². The quantitative estimate of drug-likeness (QED) is 0.674. The van der Waals surface area contributed by atoms with E-state index in [4.69, 9.17) is 0 Å². The molecule has 0 aliphatic carbocycles. The first-order valence-corrected chi connectivity index (χ1v) is 11.3. The highest BCUT2D eigenvalue weighted by Crippen LogP contribution is 2.23. The predicted molar refractivity (Wildman–Crippen MR) is 117 cm³/mol. The second-order valence-corrected chi connectivity index (χ2v) is 9.21. The van der Waals surface area contributed by atoms with Crippen molar-refractivity contribution in [3.63, 3.8) is 0 Å². The third-order valence-electron chi connectivity index (χ3n) is 5.30. The molecule has 2 aromatic carbocycles. The molecular formula is C22H22N4O4S. The van der Waals surface area contributed by atoms with E-state index < -0.39 is 15.9 Å². The number of piperazine rings is 1. The van der Waals surface area contributed by atoms with Gasteiger partial charge in [-0.25, -0.2) is 8.42 Å². The molecule has 1 saturated heterocycles. The Labute approximate surface area is 180 Å². The zero-order chi connectivity index (χ0) is 22.0. The van der Waals surface area contributed by atoms with Crippen LogP contribution in [0.5, 0.6) is 0 Å². The molecule has 160 valence electrons. The van der Waals surface area contributed by atoms with E-state index in [0.717, 1.165) is 5.39 Å².